The van der Waals surface area contributed by atoms with E-state index in [0.29, 0.717) is 11.7 Å². The number of aliphatic hydroxyl groups excluding tert-OH is 1. The molecule has 2 aliphatic heterocycles. The van der Waals surface area contributed by atoms with Crippen molar-refractivity contribution < 1.29 is 5.11 Å². The average molecular weight is 307 g/mol. The summed E-state index contributed by atoms with van der Waals surface area (Å²) in [7, 11) is 0. The van der Waals surface area contributed by atoms with E-state index in [0.717, 1.165) is 25.4 Å². The van der Waals surface area contributed by atoms with Gasteiger partial charge in [0.05, 0.1) is 18.8 Å². The number of likely N-dealkylation sites (tertiary alicyclic amines) is 2. The van der Waals surface area contributed by atoms with Crippen molar-refractivity contribution in [2.24, 2.45) is 5.92 Å². The summed E-state index contributed by atoms with van der Waals surface area (Å²) in [4.78, 5) is 5.18. The van der Waals surface area contributed by atoms with E-state index in [1.54, 1.807) is 0 Å². The molecule has 0 radical (unpaired) electrons. The molecule has 3 heterocycles. The van der Waals surface area contributed by atoms with E-state index >= 15 is 0 Å². The zero-order valence-electron chi connectivity index (χ0n) is 13.7. The van der Waals surface area contributed by atoms with Gasteiger partial charge in [0, 0.05) is 19.6 Å². The van der Waals surface area contributed by atoms with Crippen molar-refractivity contribution in [2.45, 2.75) is 45.3 Å². The number of hydrogen-bond donors (Lipinski definition) is 1. The first-order valence-electron chi connectivity index (χ1n) is 8.71. The Hall–Kier alpha value is -0.980. The number of rotatable bonds is 5. The second-order valence-electron chi connectivity index (χ2n) is 6.97. The minimum atomic E-state index is -0.0240. The molecule has 2 aliphatic rings. The van der Waals surface area contributed by atoms with E-state index in [9.17, 15) is 0 Å². The number of aromatic nitrogens is 3. The highest BCUT2D eigenvalue weighted by Gasteiger charge is 2.23. The predicted octanol–water partition coefficient (Wildman–Crippen LogP) is 1.14. The molecule has 6 nitrogen and oxygen atoms in total. The number of nitrogens with zero attached hydrogens (tertiary/aromatic N) is 5. The predicted molar refractivity (Wildman–Crippen MR) is 85.5 cm³/mol. The Morgan fingerprint density at radius 3 is 2.64 bits per heavy atom. The minimum absolute atomic E-state index is 0.0240. The molecule has 0 saturated carbocycles. The molecule has 0 bridgehead atoms. The van der Waals surface area contributed by atoms with Gasteiger partial charge in [0.1, 0.15) is 5.69 Å². The van der Waals surface area contributed by atoms with Crippen LogP contribution in [0, 0.1) is 5.92 Å². The van der Waals surface area contributed by atoms with E-state index < -0.39 is 0 Å². The van der Waals surface area contributed by atoms with Gasteiger partial charge in [-0.2, -0.15) is 0 Å². The Balaban J connectivity index is 1.46. The summed E-state index contributed by atoms with van der Waals surface area (Å²) in [5.74, 6) is 0.906. The fraction of sp³-hybridized carbons (Fsp3) is 0.875. The molecule has 1 N–H and O–H groups in total. The molecule has 0 spiro atoms. The maximum absolute atomic E-state index is 9.12. The van der Waals surface area contributed by atoms with Crippen molar-refractivity contribution >= 4 is 0 Å². The molecule has 0 aliphatic carbocycles. The Kier molecular flexibility index (Phi) is 5.44. The first kappa shape index (κ1) is 15.9. The smallest absolute Gasteiger partial charge is 0.108 e. The minimum Gasteiger partial charge on any atom is -0.390 e. The van der Waals surface area contributed by atoms with E-state index in [-0.39, 0.29) is 6.61 Å². The van der Waals surface area contributed by atoms with Crippen molar-refractivity contribution in [1.29, 1.82) is 0 Å². The first-order valence-corrected chi connectivity index (χ1v) is 8.71. The maximum Gasteiger partial charge on any atom is 0.108 e. The molecule has 0 aromatic carbocycles. The third-order valence-corrected chi connectivity index (χ3v) is 5.18. The molecule has 1 aromatic rings. The topological polar surface area (TPSA) is 57.4 Å². The largest absolute Gasteiger partial charge is 0.390 e. The third-order valence-electron chi connectivity index (χ3n) is 5.18. The molecule has 22 heavy (non-hydrogen) atoms. The van der Waals surface area contributed by atoms with E-state index in [1.165, 1.54) is 45.4 Å². The van der Waals surface area contributed by atoms with Crippen LogP contribution in [0.4, 0.5) is 0 Å². The van der Waals surface area contributed by atoms with E-state index in [2.05, 4.69) is 27.0 Å². The van der Waals surface area contributed by atoms with Gasteiger partial charge < -0.3 is 10.0 Å². The molecule has 6 heteroatoms. The van der Waals surface area contributed by atoms with Gasteiger partial charge in [0.15, 0.2) is 0 Å². The lowest BCUT2D eigenvalue weighted by Gasteiger charge is -2.35. The van der Waals surface area contributed by atoms with Crippen molar-refractivity contribution in [3.63, 3.8) is 0 Å². The van der Waals surface area contributed by atoms with Gasteiger partial charge in [-0.3, -0.25) is 4.90 Å². The molecule has 3 rings (SSSR count). The van der Waals surface area contributed by atoms with Crippen LogP contribution >= 0.6 is 0 Å². The summed E-state index contributed by atoms with van der Waals surface area (Å²) < 4.78 is 1.94. The van der Waals surface area contributed by atoms with Gasteiger partial charge in [0.25, 0.3) is 0 Å². The second-order valence-corrected chi connectivity index (χ2v) is 6.97. The van der Waals surface area contributed by atoms with Crippen LogP contribution in [0.3, 0.4) is 0 Å². The van der Waals surface area contributed by atoms with Gasteiger partial charge >= 0.3 is 0 Å². The summed E-state index contributed by atoms with van der Waals surface area (Å²) in [5.41, 5.74) is 0.666. The van der Waals surface area contributed by atoms with Crippen LogP contribution in [0.1, 0.15) is 44.3 Å². The normalized spacial score (nSPS) is 25.6. The van der Waals surface area contributed by atoms with Crippen LogP contribution in [0.25, 0.3) is 0 Å². The van der Waals surface area contributed by atoms with E-state index in [1.807, 2.05) is 10.9 Å². The molecule has 124 valence electrons. The number of aliphatic hydroxyl groups is 1. The van der Waals surface area contributed by atoms with Crippen LogP contribution in [-0.4, -0.2) is 69.2 Å². The Morgan fingerprint density at radius 2 is 1.91 bits per heavy atom. The van der Waals surface area contributed by atoms with Gasteiger partial charge in [-0.25, -0.2) is 4.68 Å². The van der Waals surface area contributed by atoms with Crippen LogP contribution in [0.2, 0.25) is 0 Å². The number of piperidine rings is 2. The van der Waals surface area contributed by atoms with Crippen LogP contribution in [0.5, 0.6) is 0 Å². The monoisotopic (exact) mass is 307 g/mol. The lowest BCUT2D eigenvalue weighted by atomic mass is 9.99. The van der Waals surface area contributed by atoms with Crippen LogP contribution < -0.4 is 0 Å². The Bertz CT molecular complexity index is 455. The highest BCUT2D eigenvalue weighted by Crippen LogP contribution is 2.21. The highest BCUT2D eigenvalue weighted by atomic mass is 16.3. The first-order chi connectivity index (χ1) is 10.7. The van der Waals surface area contributed by atoms with Crippen LogP contribution in [-0.2, 0) is 6.61 Å². The summed E-state index contributed by atoms with van der Waals surface area (Å²) in [5, 5.41) is 17.3. The third kappa shape index (κ3) is 4.06. The fourth-order valence-corrected chi connectivity index (χ4v) is 3.58. The quantitative estimate of drug-likeness (QED) is 0.884. The zero-order valence-corrected chi connectivity index (χ0v) is 13.7. The highest BCUT2D eigenvalue weighted by molar-refractivity contribution is 4.92. The van der Waals surface area contributed by atoms with Gasteiger partial charge in [-0.05, 0) is 51.2 Å². The molecular formula is C16H29N5O. The summed E-state index contributed by atoms with van der Waals surface area (Å²) >= 11 is 0. The lowest BCUT2D eigenvalue weighted by molar-refractivity contribution is 0.128. The standard InChI is InChI=1S/C16H29N5O/c1-14-4-7-19(8-5-14)9-10-20-6-2-3-16(12-20)21-11-15(13-22)17-18-21/h11,14,16,22H,2-10,12-13H2,1H3. The van der Waals surface area contributed by atoms with Crippen molar-refractivity contribution in [3.8, 4) is 0 Å². The molecule has 1 unspecified atom stereocenters. The fourth-order valence-electron chi connectivity index (χ4n) is 3.58. The Morgan fingerprint density at radius 1 is 1.14 bits per heavy atom. The molecule has 0 amide bonds. The summed E-state index contributed by atoms with van der Waals surface area (Å²) in [6, 6.07) is 0.405. The van der Waals surface area contributed by atoms with Gasteiger partial charge in [0.2, 0.25) is 0 Å². The molecule has 2 fully saturated rings. The average Bonchev–Trinajstić information content (AvgIpc) is 3.04. The molecular weight excluding hydrogens is 278 g/mol. The molecule has 1 atom stereocenters. The van der Waals surface area contributed by atoms with Crippen LogP contribution in [0.15, 0.2) is 6.20 Å². The SMILES string of the molecule is CC1CCN(CCN2CCCC(n3cc(CO)nn3)C2)CC1. The molecule has 2 saturated heterocycles. The summed E-state index contributed by atoms with van der Waals surface area (Å²) in [6.45, 7) is 9.48. The zero-order chi connectivity index (χ0) is 15.4. The summed E-state index contributed by atoms with van der Waals surface area (Å²) in [6.07, 6.45) is 6.97. The van der Waals surface area contributed by atoms with Gasteiger partial charge in [-0.15, -0.1) is 5.10 Å². The lowest BCUT2D eigenvalue weighted by Crippen LogP contribution is -2.43. The Labute approximate surface area is 133 Å². The van der Waals surface area contributed by atoms with Gasteiger partial charge in [-0.1, -0.05) is 12.1 Å². The molecule has 1 aromatic heterocycles. The van der Waals surface area contributed by atoms with Crippen molar-refractivity contribution in [3.05, 3.63) is 11.9 Å². The van der Waals surface area contributed by atoms with Crippen molar-refractivity contribution in [1.82, 2.24) is 24.8 Å². The van der Waals surface area contributed by atoms with Crippen molar-refractivity contribution in [2.75, 3.05) is 39.3 Å². The number of hydrogen-bond acceptors (Lipinski definition) is 5. The maximum atomic E-state index is 9.12. The second kappa shape index (κ2) is 7.53. The van der Waals surface area contributed by atoms with E-state index in [4.69, 9.17) is 5.11 Å².